The van der Waals surface area contributed by atoms with Crippen LogP contribution in [0.4, 0.5) is 9.80 Å². The van der Waals surface area contributed by atoms with Crippen molar-refractivity contribution in [1.29, 1.82) is 0 Å². The van der Waals surface area contributed by atoms with Gasteiger partial charge in [-0.05, 0) is 17.7 Å². The normalized spacial score (nSPS) is 12.2. The molecular weight excluding hydrogens is 316 g/mol. The second kappa shape index (κ2) is 5.71. The van der Waals surface area contributed by atoms with Crippen LogP contribution in [0, 0.1) is 0 Å². The van der Waals surface area contributed by atoms with E-state index in [0.29, 0.717) is 27.4 Å². The molecule has 0 bridgehead atoms. The maximum absolute atomic E-state index is 11.7. The van der Waals surface area contributed by atoms with E-state index in [9.17, 15) is 4.79 Å². The number of fused-ring (bicyclic) bond motifs is 1. The third-order valence-corrected chi connectivity index (χ3v) is 3.85. The van der Waals surface area contributed by atoms with Gasteiger partial charge in [0.2, 0.25) is 6.79 Å². The fraction of sp³-hybridized carbons (Fsp3) is 0.154. The Balaban J connectivity index is 1.57. The molecule has 0 atom stereocenters. The predicted molar refractivity (Wildman–Crippen MR) is 79.2 cm³/mol. The summed E-state index contributed by atoms with van der Waals surface area (Å²) in [5.41, 5.74) is 6.53. The SMILES string of the molecule is Nc1sc(Cl)cc1OC(=O)NCc1ccc2c(c1)OCO2. The zero-order valence-corrected chi connectivity index (χ0v) is 12.3. The van der Waals surface area contributed by atoms with Gasteiger partial charge in [-0.25, -0.2) is 4.79 Å². The van der Waals surface area contributed by atoms with Crippen LogP contribution in [0.2, 0.25) is 4.34 Å². The van der Waals surface area contributed by atoms with Crippen LogP contribution in [-0.4, -0.2) is 12.9 Å². The molecule has 1 aliphatic rings. The summed E-state index contributed by atoms with van der Waals surface area (Å²) in [6.07, 6.45) is -0.603. The van der Waals surface area contributed by atoms with E-state index in [2.05, 4.69) is 5.32 Å². The third kappa shape index (κ3) is 3.14. The minimum atomic E-state index is -0.603. The zero-order chi connectivity index (χ0) is 14.8. The van der Waals surface area contributed by atoms with E-state index in [-0.39, 0.29) is 12.5 Å². The maximum atomic E-state index is 11.7. The molecule has 1 amide bonds. The summed E-state index contributed by atoms with van der Waals surface area (Å²) in [6.45, 7) is 0.514. The molecule has 1 aromatic heterocycles. The van der Waals surface area contributed by atoms with E-state index in [4.69, 9.17) is 31.5 Å². The van der Waals surface area contributed by atoms with Gasteiger partial charge in [0.15, 0.2) is 17.2 Å². The fourth-order valence-corrected chi connectivity index (χ4v) is 2.73. The standard InChI is InChI=1S/C13H11ClN2O4S/c14-11-4-10(12(15)21-11)20-13(17)16-5-7-1-2-8-9(3-7)19-6-18-8/h1-4H,5-6,15H2,(H,16,17). The van der Waals surface area contributed by atoms with E-state index >= 15 is 0 Å². The first kappa shape index (κ1) is 13.8. The summed E-state index contributed by atoms with van der Waals surface area (Å²) in [5.74, 6) is 1.62. The first-order valence-electron chi connectivity index (χ1n) is 6.01. The van der Waals surface area contributed by atoms with Crippen LogP contribution in [0.15, 0.2) is 24.3 Å². The molecule has 8 heteroatoms. The van der Waals surface area contributed by atoms with Crippen LogP contribution in [0.25, 0.3) is 0 Å². The van der Waals surface area contributed by atoms with Crippen LogP contribution < -0.4 is 25.3 Å². The Morgan fingerprint density at radius 3 is 2.95 bits per heavy atom. The average molecular weight is 327 g/mol. The molecule has 2 aromatic rings. The van der Waals surface area contributed by atoms with Gasteiger partial charge in [0, 0.05) is 12.6 Å². The van der Waals surface area contributed by atoms with Gasteiger partial charge in [0.1, 0.15) is 5.00 Å². The lowest BCUT2D eigenvalue weighted by Crippen LogP contribution is -2.26. The fourth-order valence-electron chi connectivity index (χ4n) is 1.80. The number of nitrogens with one attached hydrogen (secondary N) is 1. The topological polar surface area (TPSA) is 82.8 Å². The number of carbonyl (C=O) groups is 1. The van der Waals surface area contributed by atoms with E-state index in [1.54, 1.807) is 12.1 Å². The van der Waals surface area contributed by atoms with Gasteiger partial charge < -0.3 is 25.3 Å². The molecule has 0 spiro atoms. The van der Waals surface area contributed by atoms with Crippen molar-refractivity contribution in [2.75, 3.05) is 12.5 Å². The first-order chi connectivity index (χ1) is 10.1. The number of thiophene rings is 1. The summed E-state index contributed by atoms with van der Waals surface area (Å²) in [4.78, 5) is 11.7. The van der Waals surface area contributed by atoms with Gasteiger partial charge in [-0.1, -0.05) is 17.7 Å². The van der Waals surface area contributed by atoms with Crippen LogP contribution in [0.3, 0.4) is 0 Å². The molecule has 21 heavy (non-hydrogen) atoms. The summed E-state index contributed by atoms with van der Waals surface area (Å²) >= 11 is 6.92. The molecule has 110 valence electrons. The van der Waals surface area contributed by atoms with Gasteiger partial charge in [0.05, 0.1) is 4.34 Å². The van der Waals surface area contributed by atoms with Crippen LogP contribution in [0.1, 0.15) is 5.56 Å². The number of ether oxygens (including phenoxy) is 3. The first-order valence-corrected chi connectivity index (χ1v) is 7.20. The minimum absolute atomic E-state index is 0.215. The Hall–Kier alpha value is -2.12. The van der Waals surface area contributed by atoms with Crippen molar-refractivity contribution in [3.05, 3.63) is 34.2 Å². The van der Waals surface area contributed by atoms with Crippen molar-refractivity contribution in [2.24, 2.45) is 0 Å². The van der Waals surface area contributed by atoms with Gasteiger partial charge in [-0.2, -0.15) is 0 Å². The van der Waals surface area contributed by atoms with Crippen molar-refractivity contribution in [1.82, 2.24) is 5.32 Å². The molecular formula is C13H11ClN2O4S. The van der Waals surface area contributed by atoms with E-state index in [1.807, 2.05) is 6.07 Å². The Bertz CT molecular complexity index is 689. The van der Waals surface area contributed by atoms with E-state index in [0.717, 1.165) is 16.9 Å². The number of anilines is 1. The number of nitrogen functional groups attached to an aromatic ring is 1. The van der Waals surface area contributed by atoms with E-state index < -0.39 is 6.09 Å². The molecule has 0 aliphatic carbocycles. The summed E-state index contributed by atoms with van der Waals surface area (Å²) in [7, 11) is 0. The number of amides is 1. The lowest BCUT2D eigenvalue weighted by atomic mass is 10.2. The summed E-state index contributed by atoms with van der Waals surface area (Å²) in [5, 5.41) is 2.98. The number of nitrogens with two attached hydrogens (primary N) is 1. The number of benzene rings is 1. The number of hydrogen-bond donors (Lipinski definition) is 2. The highest BCUT2D eigenvalue weighted by Crippen LogP contribution is 2.35. The second-order valence-corrected chi connectivity index (χ2v) is 5.92. The summed E-state index contributed by atoms with van der Waals surface area (Å²) in [6, 6.07) is 6.94. The molecule has 0 saturated heterocycles. The summed E-state index contributed by atoms with van der Waals surface area (Å²) < 4.78 is 16.0. The highest BCUT2D eigenvalue weighted by atomic mass is 35.5. The van der Waals surface area contributed by atoms with Crippen LogP contribution >= 0.6 is 22.9 Å². The Kier molecular flexibility index (Phi) is 3.76. The van der Waals surface area contributed by atoms with Crippen molar-refractivity contribution in [2.45, 2.75) is 6.54 Å². The van der Waals surface area contributed by atoms with Gasteiger partial charge in [0.25, 0.3) is 0 Å². The molecule has 0 fully saturated rings. The van der Waals surface area contributed by atoms with Crippen molar-refractivity contribution >= 4 is 34.0 Å². The quantitative estimate of drug-likeness (QED) is 0.906. The minimum Gasteiger partial charge on any atom is -0.454 e. The Labute approximate surface area is 129 Å². The molecule has 1 aliphatic heterocycles. The Morgan fingerprint density at radius 2 is 2.19 bits per heavy atom. The van der Waals surface area contributed by atoms with Crippen molar-refractivity contribution < 1.29 is 19.0 Å². The highest BCUT2D eigenvalue weighted by molar-refractivity contribution is 7.20. The molecule has 2 heterocycles. The van der Waals surface area contributed by atoms with Crippen molar-refractivity contribution in [3.63, 3.8) is 0 Å². The van der Waals surface area contributed by atoms with Crippen molar-refractivity contribution in [3.8, 4) is 17.2 Å². The average Bonchev–Trinajstić information content (AvgIpc) is 3.02. The maximum Gasteiger partial charge on any atom is 0.412 e. The predicted octanol–water partition coefficient (Wildman–Crippen LogP) is 3.00. The van der Waals surface area contributed by atoms with Gasteiger partial charge in [-0.15, -0.1) is 11.3 Å². The molecule has 0 saturated carbocycles. The lowest BCUT2D eigenvalue weighted by molar-refractivity contribution is 0.174. The molecule has 0 unspecified atom stereocenters. The number of halogens is 1. The second-order valence-electron chi connectivity index (χ2n) is 4.21. The smallest absolute Gasteiger partial charge is 0.412 e. The highest BCUT2D eigenvalue weighted by Gasteiger charge is 2.14. The van der Waals surface area contributed by atoms with Crippen LogP contribution in [0.5, 0.6) is 17.2 Å². The van der Waals surface area contributed by atoms with E-state index in [1.165, 1.54) is 6.07 Å². The zero-order valence-electron chi connectivity index (χ0n) is 10.7. The molecule has 3 rings (SSSR count). The largest absolute Gasteiger partial charge is 0.454 e. The Morgan fingerprint density at radius 1 is 1.38 bits per heavy atom. The number of carbonyl (C=O) groups excluding carboxylic acids is 1. The number of hydrogen-bond acceptors (Lipinski definition) is 6. The molecule has 6 nitrogen and oxygen atoms in total. The number of rotatable bonds is 3. The molecule has 1 aromatic carbocycles. The molecule has 3 N–H and O–H groups in total. The third-order valence-electron chi connectivity index (χ3n) is 2.77. The van der Waals surface area contributed by atoms with Gasteiger partial charge >= 0.3 is 6.09 Å². The lowest BCUT2D eigenvalue weighted by Gasteiger charge is -2.06. The monoisotopic (exact) mass is 326 g/mol. The van der Waals surface area contributed by atoms with Crippen LogP contribution in [-0.2, 0) is 6.54 Å². The van der Waals surface area contributed by atoms with Gasteiger partial charge in [-0.3, -0.25) is 0 Å². The molecule has 0 radical (unpaired) electrons.